The number of rotatable bonds is 6. The Bertz CT molecular complexity index is 504. The first-order valence-corrected chi connectivity index (χ1v) is 8.80. The maximum absolute atomic E-state index is 12.8. The van der Waals surface area contributed by atoms with Gasteiger partial charge in [-0.25, -0.2) is 0 Å². The molecule has 0 unspecified atom stereocenters. The summed E-state index contributed by atoms with van der Waals surface area (Å²) in [6.07, 6.45) is 11.2. The summed E-state index contributed by atoms with van der Waals surface area (Å²) < 4.78 is 1.82. The maximum atomic E-state index is 12.8. The van der Waals surface area contributed by atoms with E-state index in [1.165, 1.54) is 25.7 Å². The molecule has 1 N–H and O–H groups in total. The molecule has 1 amide bonds. The Kier molecular flexibility index (Phi) is 5.03. The fourth-order valence-electron chi connectivity index (χ4n) is 3.86. The Balaban J connectivity index is 1.49. The lowest BCUT2D eigenvalue weighted by Gasteiger charge is -2.37. The van der Waals surface area contributed by atoms with Gasteiger partial charge in [-0.3, -0.25) is 14.4 Å². The summed E-state index contributed by atoms with van der Waals surface area (Å²) in [6, 6.07) is 0. The minimum atomic E-state index is -0.217. The van der Waals surface area contributed by atoms with Crippen LogP contribution < -0.4 is 5.32 Å². The molecule has 0 atom stereocenters. The molecular formula is C16H25ClN4O. The molecule has 0 spiro atoms. The van der Waals surface area contributed by atoms with Crippen LogP contribution in [0, 0.1) is 0 Å². The number of aryl methyl sites for hydroxylation is 1. The van der Waals surface area contributed by atoms with E-state index in [1.54, 1.807) is 6.20 Å². The van der Waals surface area contributed by atoms with Crippen molar-refractivity contribution in [3.8, 4) is 0 Å². The number of carbonyl (C=O) groups excluding carboxylic acids is 1. The van der Waals surface area contributed by atoms with Crippen molar-refractivity contribution in [2.75, 3.05) is 19.6 Å². The molecule has 2 aliphatic rings. The van der Waals surface area contributed by atoms with Gasteiger partial charge in [0.15, 0.2) is 0 Å². The highest BCUT2D eigenvalue weighted by Crippen LogP contribution is 2.37. The van der Waals surface area contributed by atoms with Crippen molar-refractivity contribution in [1.82, 2.24) is 20.0 Å². The number of carbonyl (C=O) groups is 1. The van der Waals surface area contributed by atoms with Crippen molar-refractivity contribution in [3.63, 3.8) is 0 Å². The second-order valence-electron chi connectivity index (χ2n) is 6.46. The van der Waals surface area contributed by atoms with Gasteiger partial charge in [0.05, 0.1) is 11.2 Å². The van der Waals surface area contributed by atoms with Crippen LogP contribution in [0.3, 0.4) is 0 Å². The molecule has 1 saturated heterocycles. The quantitative estimate of drug-likeness (QED) is 0.818. The van der Waals surface area contributed by atoms with E-state index in [9.17, 15) is 4.79 Å². The van der Waals surface area contributed by atoms with Crippen molar-refractivity contribution in [2.24, 2.45) is 0 Å². The fraction of sp³-hybridized carbons (Fsp3) is 0.750. The Morgan fingerprint density at radius 3 is 2.64 bits per heavy atom. The lowest BCUT2D eigenvalue weighted by molar-refractivity contribution is -0.132. The molecule has 2 fully saturated rings. The maximum Gasteiger partial charge on any atom is 0.240 e. The molecule has 22 heavy (non-hydrogen) atoms. The fourth-order valence-corrected chi connectivity index (χ4v) is 4.02. The molecule has 1 aromatic rings. The number of aromatic nitrogens is 2. The van der Waals surface area contributed by atoms with Crippen LogP contribution in [0.1, 0.15) is 44.9 Å². The highest BCUT2D eigenvalue weighted by Gasteiger charge is 2.46. The number of hydrogen-bond acceptors (Lipinski definition) is 3. The van der Waals surface area contributed by atoms with Crippen LogP contribution in [0.4, 0.5) is 0 Å². The second-order valence-corrected chi connectivity index (χ2v) is 6.90. The molecule has 122 valence electrons. The summed E-state index contributed by atoms with van der Waals surface area (Å²) in [5.74, 6) is 0.241. The van der Waals surface area contributed by atoms with E-state index >= 15 is 0 Å². The predicted octanol–water partition coefficient (Wildman–Crippen LogP) is 2.45. The topological polar surface area (TPSA) is 50.2 Å². The highest BCUT2D eigenvalue weighted by atomic mass is 35.5. The minimum absolute atomic E-state index is 0.217. The Hall–Kier alpha value is -1.07. The summed E-state index contributed by atoms with van der Waals surface area (Å²) in [6.45, 7) is 3.65. The zero-order valence-electron chi connectivity index (χ0n) is 13.1. The number of amides is 1. The second kappa shape index (κ2) is 7.01. The van der Waals surface area contributed by atoms with Gasteiger partial charge in [0.25, 0.3) is 0 Å². The Morgan fingerprint density at radius 1 is 1.27 bits per heavy atom. The van der Waals surface area contributed by atoms with Crippen molar-refractivity contribution >= 4 is 17.5 Å². The number of nitrogens with zero attached hydrogens (tertiary/aromatic N) is 3. The van der Waals surface area contributed by atoms with Crippen LogP contribution in [0.25, 0.3) is 0 Å². The number of halogens is 1. The molecule has 1 aliphatic heterocycles. The molecule has 0 radical (unpaired) electrons. The monoisotopic (exact) mass is 324 g/mol. The van der Waals surface area contributed by atoms with E-state index < -0.39 is 0 Å². The third kappa shape index (κ3) is 3.30. The molecule has 0 bridgehead atoms. The normalized spacial score (nSPS) is 21.3. The first kappa shape index (κ1) is 15.8. The van der Waals surface area contributed by atoms with E-state index in [-0.39, 0.29) is 11.4 Å². The smallest absolute Gasteiger partial charge is 0.240 e. The van der Waals surface area contributed by atoms with E-state index in [0.29, 0.717) is 11.6 Å². The SMILES string of the molecule is O=C(NCCCn1cc(Cl)cn1)C1(N2CCCC2)CCCC1. The van der Waals surface area contributed by atoms with Gasteiger partial charge in [0.1, 0.15) is 5.54 Å². The van der Waals surface area contributed by atoms with E-state index in [0.717, 1.165) is 38.9 Å². The predicted molar refractivity (Wildman–Crippen MR) is 86.9 cm³/mol. The zero-order chi connectivity index (χ0) is 15.4. The molecule has 0 aromatic carbocycles. The average molecular weight is 325 g/mol. The number of nitrogens with one attached hydrogen (secondary N) is 1. The van der Waals surface area contributed by atoms with Crippen LogP contribution in [0.5, 0.6) is 0 Å². The van der Waals surface area contributed by atoms with Gasteiger partial charge in [-0.2, -0.15) is 5.10 Å². The van der Waals surface area contributed by atoms with Gasteiger partial charge >= 0.3 is 0 Å². The minimum Gasteiger partial charge on any atom is -0.354 e. The van der Waals surface area contributed by atoms with Gasteiger partial charge in [0.2, 0.25) is 5.91 Å². The van der Waals surface area contributed by atoms with Gasteiger partial charge < -0.3 is 5.32 Å². The van der Waals surface area contributed by atoms with Gasteiger partial charge in [-0.15, -0.1) is 0 Å². The van der Waals surface area contributed by atoms with Crippen molar-refractivity contribution < 1.29 is 4.79 Å². The molecule has 3 rings (SSSR count). The highest BCUT2D eigenvalue weighted by molar-refractivity contribution is 6.30. The summed E-state index contributed by atoms with van der Waals surface area (Å²) in [4.78, 5) is 15.2. The van der Waals surface area contributed by atoms with Crippen LogP contribution >= 0.6 is 11.6 Å². The molecule has 5 nitrogen and oxygen atoms in total. The summed E-state index contributed by atoms with van der Waals surface area (Å²) in [7, 11) is 0. The Labute approximate surface area is 137 Å². The lowest BCUT2D eigenvalue weighted by atomic mass is 9.94. The standard InChI is InChI=1S/C16H25ClN4O/c17-14-12-19-21(13-14)11-5-8-18-15(22)16(6-1-2-7-16)20-9-3-4-10-20/h12-13H,1-11H2,(H,18,22). The van der Waals surface area contributed by atoms with Crippen LogP contribution in [0.2, 0.25) is 5.02 Å². The van der Waals surface area contributed by atoms with Gasteiger partial charge in [0, 0.05) is 19.3 Å². The lowest BCUT2D eigenvalue weighted by Crippen LogP contribution is -2.56. The largest absolute Gasteiger partial charge is 0.354 e. The number of likely N-dealkylation sites (tertiary alicyclic amines) is 1. The van der Waals surface area contributed by atoms with Gasteiger partial charge in [-0.1, -0.05) is 24.4 Å². The van der Waals surface area contributed by atoms with Crippen LogP contribution in [-0.2, 0) is 11.3 Å². The Morgan fingerprint density at radius 2 is 2.00 bits per heavy atom. The average Bonchev–Trinajstić information content (AvgIpc) is 3.24. The zero-order valence-corrected chi connectivity index (χ0v) is 13.8. The summed E-state index contributed by atoms with van der Waals surface area (Å²) in [5.41, 5.74) is -0.217. The van der Waals surface area contributed by atoms with Crippen molar-refractivity contribution in [2.45, 2.75) is 57.0 Å². The summed E-state index contributed by atoms with van der Waals surface area (Å²) >= 11 is 5.84. The third-order valence-electron chi connectivity index (χ3n) is 5.02. The van der Waals surface area contributed by atoms with E-state index in [2.05, 4.69) is 15.3 Å². The van der Waals surface area contributed by atoms with Crippen LogP contribution in [-0.4, -0.2) is 45.8 Å². The number of hydrogen-bond donors (Lipinski definition) is 1. The molecule has 1 saturated carbocycles. The third-order valence-corrected chi connectivity index (χ3v) is 5.21. The molecule has 1 aliphatic carbocycles. The molecular weight excluding hydrogens is 300 g/mol. The van der Waals surface area contributed by atoms with Gasteiger partial charge in [-0.05, 0) is 45.2 Å². The van der Waals surface area contributed by atoms with E-state index in [4.69, 9.17) is 11.6 Å². The first-order valence-electron chi connectivity index (χ1n) is 8.42. The molecule has 2 heterocycles. The molecule has 6 heteroatoms. The molecule has 1 aromatic heterocycles. The van der Waals surface area contributed by atoms with Crippen molar-refractivity contribution in [3.05, 3.63) is 17.4 Å². The summed E-state index contributed by atoms with van der Waals surface area (Å²) in [5, 5.41) is 7.97. The van der Waals surface area contributed by atoms with Crippen LogP contribution in [0.15, 0.2) is 12.4 Å². The van der Waals surface area contributed by atoms with E-state index in [1.807, 2.05) is 10.9 Å². The first-order chi connectivity index (χ1) is 10.7. The van der Waals surface area contributed by atoms with Crippen molar-refractivity contribution in [1.29, 1.82) is 0 Å².